The number of aliphatic hydroxyl groups excluding tert-OH is 1. The number of carbonyl (C=O) groups excluding carboxylic acids is 3. The number of phenols is 1. The molecule has 4 N–H and O–H groups in total. The Bertz CT molecular complexity index is 932. The van der Waals surface area contributed by atoms with Crippen LogP contribution in [0.4, 0.5) is 8.78 Å². The van der Waals surface area contributed by atoms with E-state index in [2.05, 4.69) is 17.2 Å². The molecule has 1 fully saturated rings. The molecule has 0 saturated carbocycles. The first-order valence-electron chi connectivity index (χ1n) is 10.1. The van der Waals surface area contributed by atoms with E-state index in [9.17, 15) is 33.4 Å². The van der Waals surface area contributed by atoms with E-state index in [0.29, 0.717) is 16.0 Å². The van der Waals surface area contributed by atoms with E-state index in [1.165, 1.54) is 39.0 Å². The first-order valence-corrected chi connectivity index (χ1v) is 10.1. The summed E-state index contributed by atoms with van der Waals surface area (Å²) < 4.78 is 29.2. The van der Waals surface area contributed by atoms with Crippen molar-refractivity contribution in [3.63, 3.8) is 0 Å². The highest BCUT2D eigenvalue weighted by Gasteiger charge is 2.64. The molecule has 8 nitrogen and oxygen atoms in total. The van der Waals surface area contributed by atoms with Crippen LogP contribution in [0.1, 0.15) is 35.3 Å². The maximum absolute atomic E-state index is 14.6. The molecule has 10 heteroatoms. The molecule has 1 aromatic rings. The summed E-state index contributed by atoms with van der Waals surface area (Å²) in [6.07, 6.45) is -0.475. The Kier molecular flexibility index (Phi) is 7.29. The fourth-order valence-corrected chi connectivity index (χ4v) is 3.68. The number of likely N-dealkylation sites (tertiary alicyclic amines) is 1. The van der Waals surface area contributed by atoms with Gasteiger partial charge in [-0.2, -0.15) is 0 Å². The van der Waals surface area contributed by atoms with Crippen LogP contribution >= 0.6 is 0 Å². The molecule has 1 aromatic carbocycles. The number of nitrogens with one attached hydrogen (secondary N) is 2. The summed E-state index contributed by atoms with van der Waals surface area (Å²) in [4.78, 5) is 38.4. The van der Waals surface area contributed by atoms with Gasteiger partial charge in [0.25, 0.3) is 17.7 Å². The average molecular weight is 453 g/mol. The van der Waals surface area contributed by atoms with E-state index in [-0.39, 0.29) is 17.9 Å². The number of halogens is 2. The maximum Gasteiger partial charge on any atom is 0.272 e. The summed E-state index contributed by atoms with van der Waals surface area (Å²) in [5, 5.41) is 25.0. The van der Waals surface area contributed by atoms with Crippen LogP contribution in [0.2, 0.25) is 0 Å². The number of nitrogens with zero attached hydrogens (tertiary/aromatic N) is 1. The Balaban J connectivity index is 2.17. The zero-order valence-electron chi connectivity index (χ0n) is 18.5. The second kappa shape index (κ2) is 9.23. The number of alkyl halides is 2. The van der Waals surface area contributed by atoms with E-state index >= 15 is 0 Å². The lowest BCUT2D eigenvalue weighted by molar-refractivity contribution is -0.146. The minimum atomic E-state index is -3.38. The lowest BCUT2D eigenvalue weighted by Crippen LogP contribution is -2.55. The van der Waals surface area contributed by atoms with Crippen molar-refractivity contribution in [1.29, 1.82) is 0 Å². The lowest BCUT2D eigenvalue weighted by atomic mass is 9.81. The highest BCUT2D eigenvalue weighted by atomic mass is 19.3. The molecule has 0 radical (unpaired) electrons. The molecule has 1 aliphatic heterocycles. The molecule has 0 bridgehead atoms. The molecular formula is C22H29F2N3O5. The summed E-state index contributed by atoms with van der Waals surface area (Å²) in [7, 11) is 0. The van der Waals surface area contributed by atoms with Crippen molar-refractivity contribution in [2.45, 2.75) is 45.8 Å². The summed E-state index contributed by atoms with van der Waals surface area (Å²) in [5.41, 5.74) is -0.788. The van der Waals surface area contributed by atoms with Crippen LogP contribution < -0.4 is 10.6 Å². The molecule has 0 aliphatic carbocycles. The van der Waals surface area contributed by atoms with Crippen molar-refractivity contribution in [1.82, 2.24) is 15.5 Å². The van der Waals surface area contributed by atoms with Gasteiger partial charge in [0.2, 0.25) is 5.91 Å². The topological polar surface area (TPSA) is 119 Å². The molecule has 176 valence electrons. The first kappa shape index (κ1) is 25.3. The highest BCUT2D eigenvalue weighted by Crippen LogP contribution is 2.48. The Morgan fingerprint density at radius 2 is 1.91 bits per heavy atom. The smallest absolute Gasteiger partial charge is 0.272 e. The van der Waals surface area contributed by atoms with Crippen LogP contribution in [0.15, 0.2) is 24.8 Å². The van der Waals surface area contributed by atoms with Gasteiger partial charge in [0.15, 0.2) is 0 Å². The third-order valence-corrected chi connectivity index (χ3v) is 5.77. The van der Waals surface area contributed by atoms with Gasteiger partial charge in [-0.25, -0.2) is 8.78 Å². The van der Waals surface area contributed by atoms with Crippen molar-refractivity contribution in [2.75, 3.05) is 19.6 Å². The van der Waals surface area contributed by atoms with E-state index in [1.54, 1.807) is 6.92 Å². The molecular weight excluding hydrogens is 424 g/mol. The molecule has 0 unspecified atom stereocenters. The molecule has 0 aromatic heterocycles. The Labute approximate surface area is 185 Å². The molecule has 32 heavy (non-hydrogen) atoms. The largest absolute Gasteiger partial charge is 0.508 e. The predicted octanol–water partition coefficient (Wildman–Crippen LogP) is 1.27. The first-order chi connectivity index (χ1) is 14.7. The summed E-state index contributed by atoms with van der Waals surface area (Å²) in [5.74, 6) is -6.00. The SMILES string of the molecule is C=CCNC(=O)[C@H]1N(C(=O)[C@@H](O)CNC(=O)c2cc(C)cc(O)c2C)CC(F)(F)C1(C)C. The van der Waals surface area contributed by atoms with Crippen molar-refractivity contribution in [2.24, 2.45) is 5.41 Å². The van der Waals surface area contributed by atoms with E-state index in [1.807, 2.05) is 0 Å². The number of hydrogen-bond donors (Lipinski definition) is 4. The predicted molar refractivity (Wildman–Crippen MR) is 113 cm³/mol. The van der Waals surface area contributed by atoms with Gasteiger partial charge >= 0.3 is 0 Å². The molecule has 1 saturated heterocycles. The number of aliphatic hydroxyl groups is 1. The monoisotopic (exact) mass is 453 g/mol. The Hall–Kier alpha value is -3.01. The normalized spacial score (nSPS) is 19.8. The van der Waals surface area contributed by atoms with Crippen molar-refractivity contribution in [3.8, 4) is 5.75 Å². The minimum Gasteiger partial charge on any atom is -0.508 e. The molecule has 1 heterocycles. The van der Waals surface area contributed by atoms with E-state index in [4.69, 9.17) is 0 Å². The number of rotatable bonds is 7. The van der Waals surface area contributed by atoms with Crippen molar-refractivity contribution < 1.29 is 33.4 Å². The Morgan fingerprint density at radius 1 is 1.28 bits per heavy atom. The Morgan fingerprint density at radius 3 is 2.50 bits per heavy atom. The van der Waals surface area contributed by atoms with Crippen LogP contribution in [0, 0.1) is 19.3 Å². The zero-order chi connectivity index (χ0) is 24.4. The van der Waals surface area contributed by atoms with Gasteiger partial charge < -0.3 is 25.7 Å². The minimum absolute atomic E-state index is 0.0281. The van der Waals surface area contributed by atoms with Gasteiger partial charge in [0.05, 0.1) is 18.5 Å². The molecule has 1 aliphatic rings. The molecule has 2 atom stereocenters. The molecule has 0 spiro atoms. The number of benzene rings is 1. The van der Waals surface area contributed by atoms with Gasteiger partial charge in [-0.15, -0.1) is 6.58 Å². The fourth-order valence-electron chi connectivity index (χ4n) is 3.68. The van der Waals surface area contributed by atoms with Gasteiger partial charge in [-0.3, -0.25) is 14.4 Å². The number of amides is 3. The van der Waals surface area contributed by atoms with E-state index < -0.39 is 54.3 Å². The van der Waals surface area contributed by atoms with Crippen LogP contribution in [0.25, 0.3) is 0 Å². The summed E-state index contributed by atoms with van der Waals surface area (Å²) in [6.45, 7) is 7.45. The number of aryl methyl sites for hydroxylation is 1. The van der Waals surface area contributed by atoms with Crippen molar-refractivity contribution >= 4 is 17.7 Å². The summed E-state index contributed by atoms with van der Waals surface area (Å²) in [6, 6.07) is 1.49. The third kappa shape index (κ3) is 4.74. The van der Waals surface area contributed by atoms with Crippen LogP contribution in [0.5, 0.6) is 5.75 Å². The third-order valence-electron chi connectivity index (χ3n) is 5.77. The van der Waals surface area contributed by atoms with Crippen LogP contribution in [-0.4, -0.2) is 70.5 Å². The standard InChI is InChI=1S/C22H29F2N3O5/c1-6-7-25-19(31)17-21(4,5)22(23,24)11-27(17)20(32)16(29)10-26-18(30)14-8-12(2)9-15(28)13(14)3/h6,8-9,16-17,28-29H,1,7,10-11H2,2-5H3,(H,25,31)(H,26,30)/t16-,17+/m0/s1. The quantitative estimate of drug-likeness (QED) is 0.464. The molecule has 3 amide bonds. The van der Waals surface area contributed by atoms with E-state index in [0.717, 1.165) is 0 Å². The highest BCUT2D eigenvalue weighted by molar-refractivity contribution is 5.97. The number of carbonyl (C=O) groups is 3. The zero-order valence-corrected chi connectivity index (χ0v) is 18.5. The van der Waals surface area contributed by atoms with Gasteiger partial charge in [-0.05, 0) is 31.5 Å². The van der Waals surface area contributed by atoms with Gasteiger partial charge in [0.1, 0.15) is 17.9 Å². The maximum atomic E-state index is 14.6. The fraction of sp³-hybridized carbons (Fsp3) is 0.500. The second-order valence-electron chi connectivity index (χ2n) is 8.51. The van der Waals surface area contributed by atoms with Crippen LogP contribution in [0.3, 0.4) is 0 Å². The summed E-state index contributed by atoms with van der Waals surface area (Å²) >= 11 is 0. The number of aromatic hydroxyl groups is 1. The average Bonchev–Trinajstić information content (AvgIpc) is 2.90. The lowest BCUT2D eigenvalue weighted by Gasteiger charge is -2.33. The molecule has 2 rings (SSSR count). The van der Waals surface area contributed by atoms with Crippen LogP contribution in [-0.2, 0) is 9.59 Å². The number of hydrogen-bond acceptors (Lipinski definition) is 5. The van der Waals surface area contributed by atoms with Crippen molar-refractivity contribution in [3.05, 3.63) is 41.5 Å². The van der Waals surface area contributed by atoms with Gasteiger partial charge in [0, 0.05) is 17.7 Å². The second-order valence-corrected chi connectivity index (χ2v) is 8.51. The number of phenolic OH excluding ortho intramolecular Hbond substituents is 1. The van der Waals surface area contributed by atoms with Gasteiger partial charge in [-0.1, -0.05) is 19.9 Å².